The summed E-state index contributed by atoms with van der Waals surface area (Å²) in [5.41, 5.74) is 0.428. The van der Waals surface area contributed by atoms with Crippen LogP contribution in [-0.4, -0.2) is 10.6 Å². The van der Waals surface area contributed by atoms with Crippen LogP contribution in [0.15, 0.2) is 0 Å². The van der Waals surface area contributed by atoms with Gasteiger partial charge in [-0.25, -0.2) is 0 Å². The quantitative estimate of drug-likeness (QED) is 0.664. The average Bonchev–Trinajstić information content (AvgIpc) is 2.43. The summed E-state index contributed by atoms with van der Waals surface area (Å²) >= 11 is 3.53. The molecular formula is C13H21BrO. The van der Waals surface area contributed by atoms with E-state index in [9.17, 15) is 4.79 Å². The number of hydrogen-bond donors (Lipinski definition) is 0. The predicted octanol–water partition coefficient (Wildman–Crippen LogP) is 3.80. The fourth-order valence-electron chi connectivity index (χ4n) is 3.72. The number of Topliss-reactive ketones (excluding diaryl/α,β-unsaturated/α-hetero) is 1. The van der Waals surface area contributed by atoms with Crippen LogP contribution < -0.4 is 0 Å². The van der Waals surface area contributed by atoms with Crippen LogP contribution in [0.2, 0.25) is 0 Å². The van der Waals surface area contributed by atoms with Crippen LogP contribution in [0.3, 0.4) is 0 Å². The van der Waals surface area contributed by atoms with Gasteiger partial charge < -0.3 is 0 Å². The summed E-state index contributed by atoms with van der Waals surface area (Å²) in [6.07, 6.45) is 4.51. The molecule has 86 valence electrons. The fourth-order valence-corrected chi connectivity index (χ4v) is 4.64. The Labute approximate surface area is 101 Å². The number of halogens is 1. The van der Waals surface area contributed by atoms with Crippen LogP contribution in [0.4, 0.5) is 0 Å². The van der Waals surface area contributed by atoms with Gasteiger partial charge in [-0.1, -0.05) is 36.7 Å². The molecule has 15 heavy (non-hydrogen) atoms. The smallest absolute Gasteiger partial charge is 0.146 e. The number of rotatable bonds is 1. The molecule has 0 spiro atoms. The number of ketones is 1. The molecule has 2 rings (SSSR count). The molecule has 0 bridgehead atoms. The van der Waals surface area contributed by atoms with E-state index in [-0.39, 0.29) is 4.83 Å². The maximum atomic E-state index is 11.8. The summed E-state index contributed by atoms with van der Waals surface area (Å²) in [6.45, 7) is 7.00. The molecule has 0 N–H and O–H groups in total. The third-order valence-corrected chi connectivity index (χ3v) is 5.57. The molecule has 0 aliphatic heterocycles. The Bertz CT molecular complexity index is 274. The monoisotopic (exact) mass is 272 g/mol. The van der Waals surface area contributed by atoms with Crippen LogP contribution in [0.1, 0.15) is 46.5 Å². The van der Waals surface area contributed by atoms with E-state index in [0.29, 0.717) is 17.1 Å². The minimum Gasteiger partial charge on any atom is -0.298 e. The van der Waals surface area contributed by atoms with Crippen molar-refractivity contribution in [1.29, 1.82) is 0 Å². The third-order valence-electron chi connectivity index (χ3n) is 4.73. The first kappa shape index (κ1) is 11.6. The Balaban J connectivity index is 2.20. The fraction of sp³-hybridized carbons (Fsp3) is 0.923. The standard InChI is InChI=1S/C13H21BrO/c1-8(2)9-4-5-13(3)7-11(14)12(15)6-10(9)13/h8-11H,4-7H2,1-3H3/t9-,10-,11?,13+/m0/s1. The van der Waals surface area contributed by atoms with Gasteiger partial charge in [-0.3, -0.25) is 4.79 Å². The van der Waals surface area contributed by atoms with E-state index in [1.54, 1.807) is 0 Å². The first-order chi connectivity index (χ1) is 6.94. The lowest BCUT2D eigenvalue weighted by Gasteiger charge is -2.40. The van der Waals surface area contributed by atoms with Crippen molar-refractivity contribution in [3.63, 3.8) is 0 Å². The second-order valence-corrected chi connectivity index (χ2v) is 7.15. The van der Waals surface area contributed by atoms with Crippen molar-refractivity contribution in [3.8, 4) is 0 Å². The zero-order valence-corrected chi connectivity index (χ0v) is 11.5. The van der Waals surface area contributed by atoms with Crippen molar-refractivity contribution in [2.75, 3.05) is 0 Å². The molecule has 0 heterocycles. The molecule has 0 radical (unpaired) electrons. The normalized spacial score (nSPS) is 45.9. The molecule has 4 atom stereocenters. The molecule has 1 unspecified atom stereocenters. The van der Waals surface area contributed by atoms with E-state index in [2.05, 4.69) is 36.7 Å². The second-order valence-electron chi connectivity index (χ2n) is 6.05. The average molecular weight is 273 g/mol. The van der Waals surface area contributed by atoms with Gasteiger partial charge in [-0.15, -0.1) is 0 Å². The van der Waals surface area contributed by atoms with Crippen LogP contribution in [0, 0.1) is 23.2 Å². The van der Waals surface area contributed by atoms with Gasteiger partial charge in [0.2, 0.25) is 0 Å². The molecule has 0 aromatic rings. The SMILES string of the molecule is CC(C)[C@@H]1CC[C@]2(C)CC(Br)C(=O)C[C@@H]12. The maximum Gasteiger partial charge on any atom is 0.146 e. The van der Waals surface area contributed by atoms with Crippen molar-refractivity contribution in [2.24, 2.45) is 23.2 Å². The van der Waals surface area contributed by atoms with E-state index in [0.717, 1.165) is 24.7 Å². The highest BCUT2D eigenvalue weighted by Gasteiger charge is 2.51. The Morgan fingerprint density at radius 3 is 2.73 bits per heavy atom. The number of alkyl halides is 1. The van der Waals surface area contributed by atoms with Gasteiger partial charge in [0.1, 0.15) is 5.78 Å². The van der Waals surface area contributed by atoms with E-state index in [1.807, 2.05) is 0 Å². The highest BCUT2D eigenvalue weighted by Crippen LogP contribution is 2.56. The summed E-state index contributed by atoms with van der Waals surface area (Å²) in [6, 6.07) is 0. The van der Waals surface area contributed by atoms with Crippen LogP contribution in [0.25, 0.3) is 0 Å². The molecule has 2 aliphatic carbocycles. The molecule has 2 heteroatoms. The molecule has 2 fully saturated rings. The number of carbonyl (C=O) groups is 1. The van der Waals surface area contributed by atoms with Crippen molar-refractivity contribution in [1.82, 2.24) is 0 Å². The zero-order chi connectivity index (χ0) is 11.2. The summed E-state index contributed by atoms with van der Waals surface area (Å²) in [7, 11) is 0. The molecule has 0 aromatic heterocycles. The van der Waals surface area contributed by atoms with E-state index in [1.165, 1.54) is 12.8 Å². The summed E-state index contributed by atoms with van der Waals surface area (Å²) < 4.78 is 0. The maximum absolute atomic E-state index is 11.8. The first-order valence-corrected chi connectivity index (χ1v) is 7.02. The summed E-state index contributed by atoms with van der Waals surface area (Å²) in [5.74, 6) is 2.60. The minimum atomic E-state index is 0.129. The van der Waals surface area contributed by atoms with Gasteiger partial charge >= 0.3 is 0 Å². The number of hydrogen-bond acceptors (Lipinski definition) is 1. The first-order valence-electron chi connectivity index (χ1n) is 6.11. The molecule has 2 aliphatic rings. The van der Waals surface area contributed by atoms with Crippen LogP contribution >= 0.6 is 15.9 Å². The van der Waals surface area contributed by atoms with Gasteiger partial charge in [0.25, 0.3) is 0 Å². The lowest BCUT2D eigenvalue weighted by molar-refractivity contribution is -0.124. The van der Waals surface area contributed by atoms with Crippen LogP contribution in [0.5, 0.6) is 0 Å². The Morgan fingerprint density at radius 2 is 2.13 bits per heavy atom. The van der Waals surface area contributed by atoms with Gasteiger partial charge in [0.05, 0.1) is 4.83 Å². The molecule has 0 aromatic carbocycles. The molecule has 1 nitrogen and oxygen atoms in total. The van der Waals surface area contributed by atoms with E-state index >= 15 is 0 Å². The molecular weight excluding hydrogens is 252 g/mol. The Kier molecular flexibility index (Phi) is 3.00. The molecule has 0 amide bonds. The largest absolute Gasteiger partial charge is 0.298 e. The Hall–Kier alpha value is 0.150. The molecule has 0 saturated heterocycles. The van der Waals surface area contributed by atoms with E-state index in [4.69, 9.17) is 0 Å². The lowest BCUT2D eigenvalue weighted by atomic mass is 9.65. The topological polar surface area (TPSA) is 17.1 Å². The Morgan fingerprint density at radius 1 is 1.47 bits per heavy atom. The van der Waals surface area contributed by atoms with Gasteiger partial charge in [-0.2, -0.15) is 0 Å². The lowest BCUT2D eigenvalue weighted by Crippen LogP contribution is -2.39. The van der Waals surface area contributed by atoms with Crippen molar-refractivity contribution in [3.05, 3.63) is 0 Å². The van der Waals surface area contributed by atoms with Gasteiger partial charge in [-0.05, 0) is 42.4 Å². The van der Waals surface area contributed by atoms with Gasteiger partial charge in [0.15, 0.2) is 0 Å². The summed E-state index contributed by atoms with van der Waals surface area (Å²) in [5, 5.41) is 0. The predicted molar refractivity (Wildman–Crippen MR) is 66.1 cm³/mol. The highest BCUT2D eigenvalue weighted by atomic mass is 79.9. The van der Waals surface area contributed by atoms with Crippen molar-refractivity contribution >= 4 is 21.7 Å². The number of fused-ring (bicyclic) bond motifs is 1. The minimum absolute atomic E-state index is 0.129. The van der Waals surface area contributed by atoms with Gasteiger partial charge in [0, 0.05) is 6.42 Å². The highest BCUT2D eigenvalue weighted by molar-refractivity contribution is 9.10. The molecule has 2 saturated carbocycles. The third kappa shape index (κ3) is 1.90. The van der Waals surface area contributed by atoms with Crippen molar-refractivity contribution < 1.29 is 4.79 Å². The van der Waals surface area contributed by atoms with E-state index < -0.39 is 0 Å². The zero-order valence-electron chi connectivity index (χ0n) is 9.92. The summed E-state index contributed by atoms with van der Waals surface area (Å²) in [4.78, 5) is 11.9. The number of carbonyl (C=O) groups excluding carboxylic acids is 1. The van der Waals surface area contributed by atoms with Crippen molar-refractivity contribution in [2.45, 2.75) is 51.3 Å². The second kappa shape index (κ2) is 3.87. The van der Waals surface area contributed by atoms with Crippen LogP contribution in [-0.2, 0) is 4.79 Å².